The highest BCUT2D eigenvalue weighted by Crippen LogP contribution is 2.27. The number of nitrogens with one attached hydrogen (secondary N) is 2. The molecule has 0 aliphatic carbocycles. The van der Waals surface area contributed by atoms with Crippen LogP contribution in [0.3, 0.4) is 0 Å². The first-order valence-corrected chi connectivity index (χ1v) is 13.1. The van der Waals surface area contributed by atoms with Gasteiger partial charge in [0.25, 0.3) is 0 Å². The maximum absolute atomic E-state index is 13.1. The zero-order valence-electron chi connectivity index (χ0n) is 23.2. The summed E-state index contributed by atoms with van der Waals surface area (Å²) in [6.07, 6.45) is 3.34. The van der Waals surface area contributed by atoms with Crippen LogP contribution >= 0.6 is 0 Å². The summed E-state index contributed by atoms with van der Waals surface area (Å²) in [5, 5.41) is 6.24. The highest BCUT2D eigenvalue weighted by molar-refractivity contribution is 5.70. The molecule has 1 aliphatic rings. The number of hydrogen-bond donors (Lipinski definition) is 2. The Bertz CT molecular complexity index is 1270. The molecule has 0 bridgehead atoms. The van der Waals surface area contributed by atoms with Crippen molar-refractivity contribution in [3.63, 3.8) is 0 Å². The molecule has 4 rings (SSSR count). The van der Waals surface area contributed by atoms with E-state index < -0.39 is 23.0 Å². The molecule has 6 nitrogen and oxygen atoms in total. The van der Waals surface area contributed by atoms with Crippen molar-refractivity contribution >= 4 is 17.9 Å². The van der Waals surface area contributed by atoms with Crippen molar-refractivity contribution in [1.29, 1.82) is 0 Å². The third-order valence-corrected chi connectivity index (χ3v) is 6.24. The van der Waals surface area contributed by atoms with E-state index in [0.717, 1.165) is 27.9 Å². The minimum atomic E-state index is -0.853. The standard InChI is InChI=1S/C32H37FN2O4/c1-30(2,3)39-29(36)35-32(21-37-31(4,5)38-22-32)19-18-23-6-10-25(11-7-23)26-12-8-24(9-13-26)20-34-28-16-14-27(33)15-17-28/h6-19,34H,20-22H2,1-5H3,(H,35,36)/b19-18+. The summed E-state index contributed by atoms with van der Waals surface area (Å²) >= 11 is 0. The lowest BCUT2D eigenvalue weighted by Crippen LogP contribution is -2.60. The van der Waals surface area contributed by atoms with Crippen molar-refractivity contribution in [3.05, 3.63) is 95.8 Å². The van der Waals surface area contributed by atoms with Crippen molar-refractivity contribution < 1.29 is 23.4 Å². The Kier molecular flexibility index (Phi) is 8.42. The van der Waals surface area contributed by atoms with Gasteiger partial charge in [-0.15, -0.1) is 0 Å². The Morgan fingerprint density at radius 1 is 0.923 bits per heavy atom. The lowest BCUT2D eigenvalue weighted by atomic mass is 9.97. The molecule has 0 radical (unpaired) electrons. The molecule has 1 fully saturated rings. The minimum absolute atomic E-state index is 0.246. The number of hydrogen-bond acceptors (Lipinski definition) is 5. The number of benzene rings is 3. The third kappa shape index (κ3) is 8.40. The molecule has 1 aliphatic heterocycles. The normalized spacial score (nSPS) is 16.6. The molecule has 0 saturated carbocycles. The van der Waals surface area contributed by atoms with Crippen molar-refractivity contribution in [2.75, 3.05) is 18.5 Å². The van der Waals surface area contributed by atoms with Gasteiger partial charge in [-0.2, -0.15) is 0 Å². The van der Waals surface area contributed by atoms with Crippen LogP contribution in [0.1, 0.15) is 45.7 Å². The van der Waals surface area contributed by atoms with E-state index in [1.54, 1.807) is 12.1 Å². The van der Waals surface area contributed by atoms with Crippen LogP contribution in [-0.4, -0.2) is 36.2 Å². The zero-order chi connectivity index (χ0) is 28.1. The molecule has 2 N–H and O–H groups in total. The molecular formula is C32H37FN2O4. The van der Waals surface area contributed by atoms with Crippen LogP contribution in [0.2, 0.25) is 0 Å². The number of carbonyl (C=O) groups excluding carboxylic acids is 1. The fourth-order valence-corrected chi connectivity index (χ4v) is 4.03. The number of ether oxygens (including phenoxy) is 3. The van der Waals surface area contributed by atoms with Gasteiger partial charge >= 0.3 is 6.09 Å². The van der Waals surface area contributed by atoms with Crippen LogP contribution in [-0.2, 0) is 20.8 Å². The minimum Gasteiger partial charge on any atom is -0.444 e. The van der Waals surface area contributed by atoms with Crippen LogP contribution in [0.4, 0.5) is 14.9 Å². The highest BCUT2D eigenvalue weighted by Gasteiger charge is 2.40. The van der Waals surface area contributed by atoms with Gasteiger partial charge in [-0.1, -0.05) is 60.7 Å². The molecule has 0 aromatic heterocycles. The van der Waals surface area contributed by atoms with Gasteiger partial charge in [0.2, 0.25) is 0 Å². The molecule has 7 heteroatoms. The first-order chi connectivity index (χ1) is 18.4. The zero-order valence-corrected chi connectivity index (χ0v) is 23.2. The van der Waals surface area contributed by atoms with Crippen molar-refractivity contribution in [1.82, 2.24) is 5.32 Å². The fourth-order valence-electron chi connectivity index (χ4n) is 4.03. The molecule has 206 valence electrons. The summed E-state index contributed by atoms with van der Waals surface area (Å²) < 4.78 is 30.3. The Morgan fingerprint density at radius 2 is 1.49 bits per heavy atom. The molecule has 1 saturated heterocycles. The van der Waals surface area contributed by atoms with Gasteiger partial charge in [-0.25, -0.2) is 9.18 Å². The number of alkyl carbamates (subject to hydrolysis) is 1. The van der Waals surface area contributed by atoms with E-state index in [1.807, 2.05) is 58.9 Å². The average molecular weight is 533 g/mol. The quantitative estimate of drug-likeness (QED) is 0.338. The summed E-state index contributed by atoms with van der Waals surface area (Å²) in [5.41, 5.74) is 3.72. The Balaban J connectivity index is 1.41. The number of rotatable bonds is 7. The molecule has 0 unspecified atom stereocenters. The van der Waals surface area contributed by atoms with E-state index in [0.29, 0.717) is 6.54 Å². The highest BCUT2D eigenvalue weighted by atomic mass is 19.1. The van der Waals surface area contributed by atoms with Gasteiger partial charge in [0.1, 0.15) is 17.0 Å². The molecule has 1 heterocycles. The maximum Gasteiger partial charge on any atom is 0.408 e. The molecule has 39 heavy (non-hydrogen) atoms. The second-order valence-corrected chi connectivity index (χ2v) is 11.3. The topological polar surface area (TPSA) is 68.8 Å². The first kappa shape index (κ1) is 28.3. The van der Waals surface area contributed by atoms with Crippen LogP contribution in [0.15, 0.2) is 78.9 Å². The van der Waals surface area contributed by atoms with Crippen LogP contribution in [0.5, 0.6) is 0 Å². The van der Waals surface area contributed by atoms with Crippen LogP contribution in [0.25, 0.3) is 17.2 Å². The van der Waals surface area contributed by atoms with E-state index in [4.69, 9.17) is 14.2 Å². The Hall–Kier alpha value is -3.68. The van der Waals surface area contributed by atoms with Gasteiger partial charge < -0.3 is 24.8 Å². The van der Waals surface area contributed by atoms with Gasteiger partial charge in [-0.05, 0) is 81.1 Å². The molecule has 3 aromatic carbocycles. The van der Waals surface area contributed by atoms with Crippen LogP contribution in [0, 0.1) is 5.82 Å². The average Bonchev–Trinajstić information content (AvgIpc) is 2.88. The maximum atomic E-state index is 13.1. The fraction of sp³-hybridized carbons (Fsp3) is 0.344. The summed E-state index contributed by atoms with van der Waals surface area (Å²) in [4.78, 5) is 12.6. The molecule has 1 amide bonds. The second-order valence-electron chi connectivity index (χ2n) is 11.3. The predicted octanol–water partition coefficient (Wildman–Crippen LogP) is 7.16. The van der Waals surface area contributed by atoms with Gasteiger partial charge in [0, 0.05) is 12.2 Å². The summed E-state index contributed by atoms with van der Waals surface area (Å²) in [7, 11) is 0. The smallest absolute Gasteiger partial charge is 0.408 e. The third-order valence-electron chi connectivity index (χ3n) is 6.24. The summed E-state index contributed by atoms with van der Waals surface area (Å²) in [6, 6.07) is 22.9. The number of carbonyl (C=O) groups is 1. The number of halogens is 1. The monoisotopic (exact) mass is 532 g/mol. The lowest BCUT2D eigenvalue weighted by molar-refractivity contribution is -0.263. The molecule has 0 spiro atoms. The summed E-state index contributed by atoms with van der Waals surface area (Å²) in [5.74, 6) is -0.967. The molecule has 0 atom stereocenters. The summed E-state index contributed by atoms with van der Waals surface area (Å²) in [6.45, 7) is 10.3. The van der Waals surface area contributed by atoms with E-state index in [-0.39, 0.29) is 19.0 Å². The number of amides is 1. The number of anilines is 1. The van der Waals surface area contributed by atoms with Gasteiger partial charge in [0.05, 0.1) is 13.2 Å². The predicted molar refractivity (Wildman–Crippen MR) is 153 cm³/mol. The second kappa shape index (κ2) is 11.6. The van der Waals surface area contributed by atoms with Crippen molar-refractivity contribution in [3.8, 4) is 11.1 Å². The van der Waals surface area contributed by atoms with Gasteiger partial charge in [-0.3, -0.25) is 0 Å². The van der Waals surface area contributed by atoms with Crippen molar-refractivity contribution in [2.24, 2.45) is 0 Å². The Labute approximate surface area is 230 Å². The molecular weight excluding hydrogens is 495 g/mol. The largest absolute Gasteiger partial charge is 0.444 e. The van der Waals surface area contributed by atoms with E-state index in [2.05, 4.69) is 47.0 Å². The van der Waals surface area contributed by atoms with Crippen LogP contribution < -0.4 is 10.6 Å². The van der Waals surface area contributed by atoms with E-state index in [9.17, 15) is 9.18 Å². The van der Waals surface area contributed by atoms with E-state index in [1.165, 1.54) is 12.1 Å². The Morgan fingerprint density at radius 3 is 2.05 bits per heavy atom. The lowest BCUT2D eigenvalue weighted by Gasteiger charge is -2.42. The first-order valence-electron chi connectivity index (χ1n) is 13.1. The van der Waals surface area contributed by atoms with E-state index >= 15 is 0 Å². The molecule has 3 aromatic rings. The van der Waals surface area contributed by atoms with Crippen molar-refractivity contribution in [2.45, 2.75) is 58.1 Å². The SMILES string of the molecule is CC(C)(C)OC(=O)NC1(/C=C/c2ccc(-c3ccc(CNc4ccc(F)cc4)cc3)cc2)COC(C)(C)OC1. The van der Waals surface area contributed by atoms with Gasteiger partial charge in [0.15, 0.2) is 5.79 Å².